The Balaban J connectivity index is 2.19. The van der Waals surface area contributed by atoms with Crippen molar-refractivity contribution in [2.45, 2.75) is 46.5 Å². The van der Waals surface area contributed by atoms with Gasteiger partial charge in [0.05, 0.1) is 0 Å². The summed E-state index contributed by atoms with van der Waals surface area (Å²) in [6.45, 7) is 10.1. The largest absolute Gasteiger partial charge is 0.318 e. The topological polar surface area (TPSA) is 58.2 Å². The number of rotatable bonds is 3. The van der Waals surface area contributed by atoms with E-state index in [1.54, 1.807) is 0 Å². The van der Waals surface area contributed by atoms with E-state index in [-0.39, 0.29) is 5.41 Å². The average Bonchev–Trinajstić information content (AvgIpc) is 2.56. The summed E-state index contributed by atoms with van der Waals surface area (Å²) in [5.74, 6) is -1.32. The predicted octanol–water partition coefficient (Wildman–Crippen LogP) is 4.43. The molecule has 0 spiro atoms. The third kappa shape index (κ3) is 4.47. The Morgan fingerprint density at radius 1 is 0.920 bits per heavy atom. The highest BCUT2D eigenvalue weighted by atomic mass is 16.2. The van der Waals surface area contributed by atoms with Crippen molar-refractivity contribution in [1.29, 1.82) is 0 Å². The molecule has 4 nitrogen and oxygen atoms in total. The smallest absolute Gasteiger partial charge is 0.314 e. The summed E-state index contributed by atoms with van der Waals surface area (Å²) < 4.78 is 0. The standard InChI is InChI=1S/C21H26N2O2/c1-6-15-11-9-10-14(2)18(15)23-20(25)19(24)22-17-13-8-7-12-16(17)21(3,4)5/h7-13H,6H2,1-5H3,(H,22,24)(H,23,25). The van der Waals surface area contributed by atoms with Gasteiger partial charge in [0.25, 0.3) is 0 Å². The van der Waals surface area contributed by atoms with Crippen molar-refractivity contribution in [3.05, 3.63) is 59.2 Å². The number of anilines is 2. The molecule has 2 aromatic carbocycles. The second-order valence-corrected chi connectivity index (χ2v) is 7.17. The van der Waals surface area contributed by atoms with Crippen molar-refractivity contribution in [3.63, 3.8) is 0 Å². The molecule has 0 aliphatic rings. The van der Waals surface area contributed by atoms with Crippen molar-refractivity contribution in [1.82, 2.24) is 0 Å². The first-order valence-electron chi connectivity index (χ1n) is 8.54. The van der Waals surface area contributed by atoms with E-state index in [0.29, 0.717) is 11.4 Å². The zero-order valence-electron chi connectivity index (χ0n) is 15.6. The lowest BCUT2D eigenvalue weighted by atomic mass is 9.86. The zero-order chi connectivity index (χ0) is 18.6. The molecule has 0 aromatic heterocycles. The first-order chi connectivity index (χ1) is 11.7. The first kappa shape index (κ1) is 18.7. The van der Waals surface area contributed by atoms with Gasteiger partial charge in [0, 0.05) is 11.4 Å². The molecule has 2 aromatic rings. The number of amides is 2. The second kappa shape index (κ2) is 7.51. The molecule has 132 valence electrons. The van der Waals surface area contributed by atoms with E-state index >= 15 is 0 Å². The molecule has 0 fully saturated rings. The van der Waals surface area contributed by atoms with Gasteiger partial charge in [-0.05, 0) is 41.5 Å². The molecule has 0 heterocycles. The van der Waals surface area contributed by atoms with Crippen LogP contribution in [0.5, 0.6) is 0 Å². The zero-order valence-corrected chi connectivity index (χ0v) is 15.6. The molecule has 0 saturated heterocycles. The van der Waals surface area contributed by atoms with Crippen LogP contribution in [0.1, 0.15) is 44.4 Å². The molecule has 25 heavy (non-hydrogen) atoms. The summed E-state index contributed by atoms with van der Waals surface area (Å²) in [6, 6.07) is 13.4. The lowest BCUT2D eigenvalue weighted by Crippen LogP contribution is -2.30. The molecule has 4 heteroatoms. The minimum Gasteiger partial charge on any atom is -0.318 e. The maximum absolute atomic E-state index is 12.4. The summed E-state index contributed by atoms with van der Waals surface area (Å²) in [5, 5.41) is 5.50. The quantitative estimate of drug-likeness (QED) is 0.813. The molecule has 0 unspecified atom stereocenters. The van der Waals surface area contributed by atoms with E-state index in [1.807, 2.05) is 56.3 Å². The van der Waals surface area contributed by atoms with Crippen molar-refractivity contribution in [3.8, 4) is 0 Å². The van der Waals surface area contributed by atoms with Crippen LogP contribution in [0.3, 0.4) is 0 Å². The van der Waals surface area contributed by atoms with Gasteiger partial charge >= 0.3 is 11.8 Å². The van der Waals surface area contributed by atoms with Gasteiger partial charge in [-0.2, -0.15) is 0 Å². The highest BCUT2D eigenvalue weighted by Gasteiger charge is 2.21. The Labute approximate surface area is 149 Å². The lowest BCUT2D eigenvalue weighted by molar-refractivity contribution is -0.133. The van der Waals surface area contributed by atoms with Gasteiger partial charge in [0.15, 0.2) is 0 Å². The van der Waals surface area contributed by atoms with Crippen LogP contribution in [-0.4, -0.2) is 11.8 Å². The van der Waals surface area contributed by atoms with Gasteiger partial charge in [-0.3, -0.25) is 9.59 Å². The predicted molar refractivity (Wildman–Crippen MR) is 103 cm³/mol. The number of nitrogens with one attached hydrogen (secondary N) is 2. The van der Waals surface area contributed by atoms with E-state index in [2.05, 4.69) is 31.4 Å². The summed E-state index contributed by atoms with van der Waals surface area (Å²) in [7, 11) is 0. The number of hydrogen-bond donors (Lipinski definition) is 2. The average molecular weight is 338 g/mol. The Hall–Kier alpha value is -2.62. The molecule has 0 atom stereocenters. The van der Waals surface area contributed by atoms with E-state index in [9.17, 15) is 9.59 Å². The Morgan fingerprint density at radius 2 is 1.56 bits per heavy atom. The summed E-state index contributed by atoms with van der Waals surface area (Å²) >= 11 is 0. The Bertz CT molecular complexity index is 789. The fraction of sp³-hybridized carbons (Fsp3) is 0.333. The van der Waals surface area contributed by atoms with Gasteiger partial charge in [0.1, 0.15) is 0 Å². The van der Waals surface area contributed by atoms with Gasteiger partial charge in [-0.1, -0.05) is 64.1 Å². The molecule has 0 radical (unpaired) electrons. The summed E-state index contributed by atoms with van der Waals surface area (Å²) in [4.78, 5) is 24.8. The molecular weight excluding hydrogens is 312 g/mol. The highest BCUT2D eigenvalue weighted by Crippen LogP contribution is 2.29. The second-order valence-electron chi connectivity index (χ2n) is 7.17. The minimum atomic E-state index is -0.665. The maximum atomic E-state index is 12.4. The molecule has 0 aliphatic carbocycles. The van der Waals surface area contributed by atoms with Gasteiger partial charge in [0.2, 0.25) is 0 Å². The summed E-state index contributed by atoms with van der Waals surface area (Å²) in [5.41, 5.74) is 4.18. The Morgan fingerprint density at radius 3 is 2.20 bits per heavy atom. The van der Waals surface area contributed by atoms with Crippen LogP contribution in [0, 0.1) is 6.92 Å². The monoisotopic (exact) mass is 338 g/mol. The first-order valence-corrected chi connectivity index (χ1v) is 8.54. The molecule has 0 saturated carbocycles. The summed E-state index contributed by atoms with van der Waals surface area (Å²) in [6.07, 6.45) is 0.784. The molecule has 2 rings (SSSR count). The molecule has 0 aliphatic heterocycles. The van der Waals surface area contributed by atoms with Crippen LogP contribution in [0.15, 0.2) is 42.5 Å². The minimum absolute atomic E-state index is 0.133. The van der Waals surface area contributed by atoms with Crippen LogP contribution >= 0.6 is 0 Å². The third-order valence-electron chi connectivity index (χ3n) is 4.17. The van der Waals surface area contributed by atoms with Crippen LogP contribution in [0.4, 0.5) is 11.4 Å². The molecule has 0 bridgehead atoms. The van der Waals surface area contributed by atoms with Crippen LogP contribution in [-0.2, 0) is 21.4 Å². The van der Waals surface area contributed by atoms with Crippen LogP contribution < -0.4 is 10.6 Å². The molecule has 2 amide bonds. The lowest BCUT2D eigenvalue weighted by Gasteiger charge is -2.23. The third-order valence-corrected chi connectivity index (χ3v) is 4.17. The fourth-order valence-electron chi connectivity index (χ4n) is 2.80. The number of carbonyl (C=O) groups excluding carboxylic acids is 2. The number of benzene rings is 2. The Kier molecular flexibility index (Phi) is 5.62. The number of para-hydroxylation sites is 2. The van der Waals surface area contributed by atoms with Gasteiger partial charge < -0.3 is 10.6 Å². The highest BCUT2D eigenvalue weighted by molar-refractivity contribution is 6.43. The van der Waals surface area contributed by atoms with Crippen LogP contribution in [0.2, 0.25) is 0 Å². The van der Waals surface area contributed by atoms with E-state index in [0.717, 1.165) is 23.1 Å². The van der Waals surface area contributed by atoms with E-state index in [1.165, 1.54) is 0 Å². The van der Waals surface area contributed by atoms with E-state index in [4.69, 9.17) is 0 Å². The van der Waals surface area contributed by atoms with Crippen molar-refractivity contribution < 1.29 is 9.59 Å². The number of aryl methyl sites for hydroxylation is 2. The van der Waals surface area contributed by atoms with Gasteiger partial charge in [-0.25, -0.2) is 0 Å². The molecular formula is C21H26N2O2. The van der Waals surface area contributed by atoms with Crippen molar-refractivity contribution >= 4 is 23.2 Å². The number of carbonyl (C=O) groups is 2. The normalized spacial score (nSPS) is 11.1. The van der Waals surface area contributed by atoms with Gasteiger partial charge in [-0.15, -0.1) is 0 Å². The fourth-order valence-corrected chi connectivity index (χ4v) is 2.80. The van der Waals surface area contributed by atoms with E-state index < -0.39 is 11.8 Å². The number of hydrogen-bond acceptors (Lipinski definition) is 2. The van der Waals surface area contributed by atoms with Crippen LogP contribution in [0.25, 0.3) is 0 Å². The van der Waals surface area contributed by atoms with Crippen molar-refractivity contribution in [2.24, 2.45) is 0 Å². The maximum Gasteiger partial charge on any atom is 0.314 e. The SMILES string of the molecule is CCc1cccc(C)c1NC(=O)C(=O)Nc1ccccc1C(C)(C)C. The molecule has 2 N–H and O–H groups in total. The van der Waals surface area contributed by atoms with Crippen molar-refractivity contribution in [2.75, 3.05) is 10.6 Å².